The van der Waals surface area contributed by atoms with Gasteiger partial charge in [0.25, 0.3) is 5.91 Å². The number of carbonyl (C=O) groups is 3. The molecule has 0 saturated carbocycles. The van der Waals surface area contributed by atoms with E-state index in [1.807, 2.05) is 5.43 Å². The number of hydrogen-bond donors (Lipinski definition) is 2. The van der Waals surface area contributed by atoms with Crippen molar-refractivity contribution in [1.82, 2.24) is 15.8 Å². The number of hydrogen-bond acceptors (Lipinski definition) is 5. The van der Waals surface area contributed by atoms with Crippen LogP contribution in [-0.2, 0) is 14.3 Å². The normalized spacial score (nSPS) is 9.44. The van der Waals surface area contributed by atoms with Crippen LogP contribution < -0.4 is 10.9 Å². The van der Waals surface area contributed by atoms with E-state index < -0.39 is 17.8 Å². The zero-order valence-corrected chi connectivity index (χ0v) is 10.0. The highest BCUT2D eigenvalue weighted by atomic mass is 16.5. The molecule has 0 aliphatic heterocycles. The van der Waals surface area contributed by atoms with Crippen molar-refractivity contribution in [3.05, 3.63) is 29.6 Å². The minimum Gasteiger partial charge on any atom is -0.459 e. The molecule has 7 nitrogen and oxygen atoms in total. The third-order valence-electron chi connectivity index (χ3n) is 1.89. The number of esters is 1. The summed E-state index contributed by atoms with van der Waals surface area (Å²) >= 11 is 0. The van der Waals surface area contributed by atoms with Crippen LogP contribution in [0.25, 0.3) is 0 Å². The van der Waals surface area contributed by atoms with Crippen LogP contribution in [0.4, 0.5) is 0 Å². The van der Waals surface area contributed by atoms with Crippen LogP contribution in [0.1, 0.15) is 22.8 Å². The number of carbonyl (C=O) groups excluding carboxylic acids is 3. The summed E-state index contributed by atoms with van der Waals surface area (Å²) in [5.74, 6) is -2.66. The number of nitrogens with one attached hydrogen (secondary N) is 2. The number of hydrazine groups is 1. The molecule has 0 aliphatic rings. The average Bonchev–Trinajstić information content (AvgIpc) is 2.35. The van der Waals surface area contributed by atoms with Crippen LogP contribution in [0, 0.1) is 6.92 Å². The fourth-order valence-corrected chi connectivity index (χ4v) is 1.11. The van der Waals surface area contributed by atoms with Gasteiger partial charge in [0.2, 0.25) is 0 Å². The molecule has 0 saturated heterocycles. The van der Waals surface area contributed by atoms with E-state index in [1.165, 1.54) is 6.20 Å². The van der Waals surface area contributed by atoms with Crippen LogP contribution in [0.5, 0.6) is 0 Å². The molecular formula is C11H13N3O4. The number of aromatic nitrogens is 1. The lowest BCUT2D eigenvalue weighted by Crippen LogP contribution is -2.45. The lowest BCUT2D eigenvalue weighted by atomic mass is 10.2. The van der Waals surface area contributed by atoms with E-state index in [2.05, 4.69) is 15.1 Å². The second kappa shape index (κ2) is 6.33. The molecule has 1 aromatic rings. The predicted octanol–water partition coefficient (Wildman–Crippen LogP) is -0.286. The molecule has 0 atom stereocenters. The molecule has 1 heterocycles. The number of aryl methyl sites for hydroxylation is 1. The van der Waals surface area contributed by atoms with Gasteiger partial charge in [-0.05, 0) is 25.5 Å². The van der Waals surface area contributed by atoms with Crippen LogP contribution in [-0.4, -0.2) is 29.4 Å². The second-order valence-electron chi connectivity index (χ2n) is 3.38. The molecule has 7 heteroatoms. The maximum atomic E-state index is 11.6. The fraction of sp³-hybridized carbons (Fsp3) is 0.273. The molecule has 18 heavy (non-hydrogen) atoms. The lowest BCUT2D eigenvalue weighted by molar-refractivity contribution is -0.154. The summed E-state index contributed by atoms with van der Waals surface area (Å²) in [6, 6.07) is 1.60. The zero-order valence-electron chi connectivity index (χ0n) is 10.0. The molecule has 2 N–H and O–H groups in total. The minimum absolute atomic E-state index is 0.0853. The van der Waals surface area contributed by atoms with Gasteiger partial charge in [0, 0.05) is 12.4 Å². The number of amides is 2. The van der Waals surface area contributed by atoms with Gasteiger partial charge < -0.3 is 4.74 Å². The Kier molecular flexibility index (Phi) is 4.79. The highest BCUT2D eigenvalue weighted by Gasteiger charge is 2.15. The van der Waals surface area contributed by atoms with Crippen LogP contribution >= 0.6 is 0 Å². The molecule has 0 aromatic carbocycles. The topological polar surface area (TPSA) is 97.4 Å². The largest absolute Gasteiger partial charge is 0.459 e. The quantitative estimate of drug-likeness (QED) is 0.428. The highest BCUT2D eigenvalue weighted by Crippen LogP contribution is 2.00. The molecule has 0 fully saturated rings. The first-order valence-electron chi connectivity index (χ1n) is 5.23. The van der Waals surface area contributed by atoms with Gasteiger partial charge in [0.1, 0.15) is 0 Å². The van der Waals surface area contributed by atoms with Gasteiger partial charge in [-0.15, -0.1) is 0 Å². The summed E-state index contributed by atoms with van der Waals surface area (Å²) in [7, 11) is 0. The van der Waals surface area contributed by atoms with Crippen LogP contribution in [0.2, 0.25) is 0 Å². The third kappa shape index (κ3) is 3.85. The Balaban J connectivity index is 2.51. The van der Waals surface area contributed by atoms with E-state index >= 15 is 0 Å². The summed E-state index contributed by atoms with van der Waals surface area (Å²) in [5.41, 5.74) is 5.11. The number of rotatable bonds is 2. The Bertz CT molecular complexity index is 473. The van der Waals surface area contributed by atoms with E-state index in [0.29, 0.717) is 0 Å². The second-order valence-corrected chi connectivity index (χ2v) is 3.38. The maximum absolute atomic E-state index is 11.6. The van der Waals surface area contributed by atoms with Gasteiger partial charge >= 0.3 is 11.9 Å². The predicted molar refractivity (Wildman–Crippen MR) is 61.2 cm³/mol. The number of nitrogens with zero attached hydrogens (tertiary/aromatic N) is 1. The molecule has 0 bridgehead atoms. The van der Waals surface area contributed by atoms with Crippen molar-refractivity contribution in [1.29, 1.82) is 0 Å². The van der Waals surface area contributed by atoms with Gasteiger partial charge in [-0.1, -0.05) is 0 Å². The van der Waals surface area contributed by atoms with Crippen molar-refractivity contribution in [2.75, 3.05) is 6.61 Å². The van der Waals surface area contributed by atoms with Crippen molar-refractivity contribution in [3.63, 3.8) is 0 Å². The standard InChI is InChI=1S/C11H13N3O4/c1-3-18-11(17)10(16)14-13-9(15)8-4-7(2)5-12-6-8/h4-6H,3H2,1-2H3,(H,13,15)(H,14,16). The summed E-state index contributed by atoms with van der Waals surface area (Å²) in [6.45, 7) is 3.44. The first-order valence-corrected chi connectivity index (χ1v) is 5.23. The summed E-state index contributed by atoms with van der Waals surface area (Å²) in [4.78, 5) is 37.5. The van der Waals surface area contributed by atoms with E-state index in [9.17, 15) is 14.4 Å². The fourth-order valence-electron chi connectivity index (χ4n) is 1.11. The molecule has 1 rings (SSSR count). The Morgan fingerprint density at radius 3 is 2.61 bits per heavy atom. The molecule has 0 aliphatic carbocycles. The summed E-state index contributed by atoms with van der Waals surface area (Å²) in [5, 5.41) is 0. The van der Waals surface area contributed by atoms with Crippen molar-refractivity contribution >= 4 is 17.8 Å². The molecule has 2 amide bonds. The van der Waals surface area contributed by atoms with Crippen LogP contribution in [0.15, 0.2) is 18.5 Å². The summed E-state index contributed by atoms with van der Waals surface area (Å²) < 4.78 is 4.45. The summed E-state index contributed by atoms with van der Waals surface area (Å²) in [6.07, 6.45) is 2.94. The van der Waals surface area contributed by atoms with Crippen molar-refractivity contribution < 1.29 is 19.1 Å². The first-order chi connectivity index (χ1) is 8.54. The molecule has 96 valence electrons. The van der Waals surface area contributed by atoms with E-state index in [0.717, 1.165) is 5.56 Å². The highest BCUT2D eigenvalue weighted by molar-refractivity contribution is 6.32. The Hall–Kier alpha value is -2.44. The Labute approximate surface area is 104 Å². The van der Waals surface area contributed by atoms with Gasteiger partial charge in [-0.25, -0.2) is 4.79 Å². The SMILES string of the molecule is CCOC(=O)C(=O)NNC(=O)c1cncc(C)c1. The molecular weight excluding hydrogens is 238 g/mol. The number of pyridine rings is 1. The van der Waals surface area contributed by atoms with E-state index in [1.54, 1.807) is 26.1 Å². The van der Waals surface area contributed by atoms with Gasteiger partial charge in [-0.2, -0.15) is 0 Å². The molecule has 0 spiro atoms. The monoisotopic (exact) mass is 251 g/mol. The van der Waals surface area contributed by atoms with E-state index in [-0.39, 0.29) is 12.2 Å². The Morgan fingerprint density at radius 1 is 1.28 bits per heavy atom. The van der Waals surface area contributed by atoms with Gasteiger partial charge in [-0.3, -0.25) is 25.4 Å². The van der Waals surface area contributed by atoms with Gasteiger partial charge in [0.15, 0.2) is 0 Å². The Morgan fingerprint density at radius 2 is 2.00 bits per heavy atom. The van der Waals surface area contributed by atoms with Crippen molar-refractivity contribution in [3.8, 4) is 0 Å². The average molecular weight is 251 g/mol. The number of ether oxygens (including phenoxy) is 1. The van der Waals surface area contributed by atoms with Gasteiger partial charge in [0.05, 0.1) is 12.2 Å². The maximum Gasteiger partial charge on any atom is 0.398 e. The van der Waals surface area contributed by atoms with Crippen LogP contribution in [0.3, 0.4) is 0 Å². The molecule has 0 radical (unpaired) electrons. The smallest absolute Gasteiger partial charge is 0.398 e. The minimum atomic E-state index is -1.06. The molecule has 0 unspecified atom stereocenters. The first kappa shape index (κ1) is 13.6. The molecule has 1 aromatic heterocycles. The van der Waals surface area contributed by atoms with Crippen molar-refractivity contribution in [2.24, 2.45) is 0 Å². The van der Waals surface area contributed by atoms with E-state index in [4.69, 9.17) is 0 Å². The third-order valence-corrected chi connectivity index (χ3v) is 1.89. The van der Waals surface area contributed by atoms with Crippen molar-refractivity contribution in [2.45, 2.75) is 13.8 Å². The lowest BCUT2D eigenvalue weighted by Gasteiger charge is -2.06. The zero-order chi connectivity index (χ0) is 13.5.